The zero-order chi connectivity index (χ0) is 14.6. The third kappa shape index (κ3) is 4.34. The summed E-state index contributed by atoms with van der Waals surface area (Å²) in [5.74, 6) is 0.736. The van der Waals surface area contributed by atoms with E-state index >= 15 is 0 Å². The second-order valence-electron chi connectivity index (χ2n) is 7.57. The summed E-state index contributed by atoms with van der Waals surface area (Å²) in [7, 11) is 0. The molecule has 0 spiro atoms. The van der Waals surface area contributed by atoms with E-state index < -0.39 is 0 Å². The molecule has 1 fully saturated rings. The summed E-state index contributed by atoms with van der Waals surface area (Å²) in [6, 6.07) is 9.44. The van der Waals surface area contributed by atoms with Crippen molar-refractivity contribution in [3.05, 3.63) is 35.4 Å². The van der Waals surface area contributed by atoms with E-state index in [-0.39, 0.29) is 5.41 Å². The Labute approximate surface area is 125 Å². The maximum Gasteiger partial charge on any atom is 0.0108 e. The Morgan fingerprint density at radius 1 is 1.00 bits per heavy atom. The van der Waals surface area contributed by atoms with Crippen molar-refractivity contribution in [1.29, 1.82) is 0 Å². The lowest BCUT2D eigenvalue weighted by molar-refractivity contribution is 0.372. The fourth-order valence-corrected chi connectivity index (χ4v) is 3.32. The highest BCUT2D eigenvalue weighted by Gasteiger charge is 2.20. The molecule has 1 unspecified atom stereocenters. The zero-order valence-electron chi connectivity index (χ0n) is 13.5. The quantitative estimate of drug-likeness (QED) is 0.785. The number of nitrogens with two attached hydrogens (primary N) is 1. The fourth-order valence-electron chi connectivity index (χ4n) is 3.32. The summed E-state index contributed by atoms with van der Waals surface area (Å²) in [5.41, 5.74) is 9.52. The van der Waals surface area contributed by atoms with Gasteiger partial charge in [0.15, 0.2) is 0 Å². The van der Waals surface area contributed by atoms with Crippen LogP contribution in [0.25, 0.3) is 0 Å². The molecule has 0 aliphatic heterocycles. The third-order valence-corrected chi connectivity index (χ3v) is 4.80. The number of rotatable bonds is 3. The highest BCUT2D eigenvalue weighted by molar-refractivity contribution is 5.28. The van der Waals surface area contributed by atoms with Crippen LogP contribution >= 0.6 is 0 Å². The van der Waals surface area contributed by atoms with Crippen molar-refractivity contribution in [3.8, 4) is 0 Å². The maximum absolute atomic E-state index is 6.47. The average Bonchev–Trinajstić information content (AvgIpc) is 2.67. The normalized spacial score (nSPS) is 19.6. The standard InChI is InChI=1S/C19H31N/c1-19(2,3)17-12-10-15(11-13-17)14-18(20)16-8-6-4-5-7-9-16/h10-13,16,18H,4-9,14,20H2,1-3H3. The molecular weight excluding hydrogens is 242 g/mol. The topological polar surface area (TPSA) is 26.0 Å². The largest absolute Gasteiger partial charge is 0.327 e. The highest BCUT2D eigenvalue weighted by Crippen LogP contribution is 2.27. The van der Waals surface area contributed by atoms with E-state index in [2.05, 4.69) is 45.0 Å². The van der Waals surface area contributed by atoms with Crippen molar-refractivity contribution in [2.75, 3.05) is 0 Å². The van der Waals surface area contributed by atoms with E-state index in [0.717, 1.165) is 12.3 Å². The lowest BCUT2D eigenvalue weighted by Crippen LogP contribution is -2.32. The van der Waals surface area contributed by atoms with Crippen LogP contribution in [0.15, 0.2) is 24.3 Å². The first-order valence-electron chi connectivity index (χ1n) is 8.32. The number of benzene rings is 1. The van der Waals surface area contributed by atoms with Crippen LogP contribution in [0.3, 0.4) is 0 Å². The molecule has 0 heterocycles. The van der Waals surface area contributed by atoms with Crippen LogP contribution in [0.4, 0.5) is 0 Å². The molecule has 0 bridgehead atoms. The van der Waals surface area contributed by atoms with Crippen LogP contribution in [0.2, 0.25) is 0 Å². The van der Waals surface area contributed by atoms with Gasteiger partial charge < -0.3 is 5.73 Å². The third-order valence-electron chi connectivity index (χ3n) is 4.80. The van der Waals surface area contributed by atoms with Crippen molar-refractivity contribution < 1.29 is 0 Å². The molecule has 1 heteroatoms. The van der Waals surface area contributed by atoms with Crippen LogP contribution in [0.5, 0.6) is 0 Å². The predicted molar refractivity (Wildman–Crippen MR) is 88.0 cm³/mol. The van der Waals surface area contributed by atoms with Gasteiger partial charge in [0.25, 0.3) is 0 Å². The molecule has 1 atom stereocenters. The average molecular weight is 273 g/mol. The van der Waals surface area contributed by atoms with Gasteiger partial charge in [0.1, 0.15) is 0 Å². The van der Waals surface area contributed by atoms with E-state index in [1.807, 2.05) is 0 Å². The Bertz CT molecular complexity index is 391. The Morgan fingerprint density at radius 3 is 2.05 bits per heavy atom. The molecule has 1 aromatic rings. The smallest absolute Gasteiger partial charge is 0.0108 e. The molecule has 112 valence electrons. The van der Waals surface area contributed by atoms with Gasteiger partial charge in [-0.25, -0.2) is 0 Å². The molecule has 1 aromatic carbocycles. The Kier molecular flexibility index (Phi) is 5.26. The summed E-state index contributed by atoms with van der Waals surface area (Å²) in [4.78, 5) is 0. The van der Waals surface area contributed by atoms with Crippen molar-refractivity contribution >= 4 is 0 Å². The molecule has 0 aromatic heterocycles. The van der Waals surface area contributed by atoms with E-state index in [0.29, 0.717) is 6.04 Å². The first kappa shape index (κ1) is 15.6. The molecule has 0 saturated heterocycles. The monoisotopic (exact) mass is 273 g/mol. The van der Waals surface area contributed by atoms with Gasteiger partial charge in [0.2, 0.25) is 0 Å². The molecular formula is C19H31N. The molecule has 20 heavy (non-hydrogen) atoms. The first-order chi connectivity index (χ1) is 9.47. The summed E-state index contributed by atoms with van der Waals surface area (Å²) in [6.45, 7) is 6.79. The Balaban J connectivity index is 1.95. The van der Waals surface area contributed by atoms with Crippen molar-refractivity contribution in [2.45, 2.75) is 77.2 Å². The number of hydrogen-bond donors (Lipinski definition) is 1. The Morgan fingerprint density at radius 2 is 1.55 bits per heavy atom. The minimum Gasteiger partial charge on any atom is -0.327 e. The van der Waals surface area contributed by atoms with Gasteiger partial charge >= 0.3 is 0 Å². The molecule has 2 rings (SSSR count). The van der Waals surface area contributed by atoms with E-state index in [1.54, 1.807) is 0 Å². The molecule has 1 saturated carbocycles. The lowest BCUT2D eigenvalue weighted by atomic mass is 9.85. The van der Waals surface area contributed by atoms with Crippen LogP contribution < -0.4 is 5.73 Å². The molecule has 1 aliphatic carbocycles. The van der Waals surface area contributed by atoms with E-state index in [1.165, 1.54) is 49.7 Å². The number of hydrogen-bond acceptors (Lipinski definition) is 1. The molecule has 2 N–H and O–H groups in total. The fraction of sp³-hybridized carbons (Fsp3) is 0.684. The summed E-state index contributed by atoms with van der Waals surface area (Å²) in [5, 5.41) is 0. The van der Waals surface area contributed by atoms with Gasteiger partial charge in [0, 0.05) is 6.04 Å². The predicted octanol–water partition coefficient (Wildman–Crippen LogP) is 4.82. The minimum atomic E-state index is 0.238. The van der Waals surface area contributed by atoms with E-state index in [4.69, 9.17) is 5.73 Å². The zero-order valence-corrected chi connectivity index (χ0v) is 13.5. The van der Waals surface area contributed by atoms with Gasteiger partial charge in [-0.05, 0) is 41.7 Å². The minimum absolute atomic E-state index is 0.238. The summed E-state index contributed by atoms with van der Waals surface area (Å²) >= 11 is 0. The van der Waals surface area contributed by atoms with Crippen LogP contribution in [-0.4, -0.2) is 6.04 Å². The van der Waals surface area contributed by atoms with E-state index in [9.17, 15) is 0 Å². The van der Waals surface area contributed by atoms with Crippen LogP contribution in [0.1, 0.15) is 70.4 Å². The van der Waals surface area contributed by atoms with Gasteiger partial charge in [-0.1, -0.05) is 70.7 Å². The van der Waals surface area contributed by atoms with Crippen LogP contribution in [-0.2, 0) is 11.8 Å². The second kappa shape index (κ2) is 6.76. The first-order valence-corrected chi connectivity index (χ1v) is 8.32. The van der Waals surface area contributed by atoms with Crippen molar-refractivity contribution in [2.24, 2.45) is 11.7 Å². The van der Waals surface area contributed by atoms with Gasteiger partial charge in [0.05, 0.1) is 0 Å². The Hall–Kier alpha value is -0.820. The summed E-state index contributed by atoms with van der Waals surface area (Å²) in [6.07, 6.45) is 9.27. The van der Waals surface area contributed by atoms with Crippen LogP contribution in [0, 0.1) is 5.92 Å². The SMILES string of the molecule is CC(C)(C)c1ccc(CC(N)C2CCCCCC2)cc1. The highest BCUT2D eigenvalue weighted by atomic mass is 14.6. The second-order valence-corrected chi connectivity index (χ2v) is 7.57. The maximum atomic E-state index is 6.47. The molecule has 1 aliphatic rings. The van der Waals surface area contributed by atoms with Crippen molar-refractivity contribution in [1.82, 2.24) is 0 Å². The molecule has 1 nitrogen and oxygen atoms in total. The van der Waals surface area contributed by atoms with Gasteiger partial charge in [-0.3, -0.25) is 0 Å². The lowest BCUT2D eigenvalue weighted by Gasteiger charge is -2.23. The summed E-state index contributed by atoms with van der Waals surface area (Å²) < 4.78 is 0. The molecule has 0 amide bonds. The molecule has 0 radical (unpaired) electrons. The van der Waals surface area contributed by atoms with Gasteiger partial charge in [-0.15, -0.1) is 0 Å². The van der Waals surface area contributed by atoms with Gasteiger partial charge in [-0.2, -0.15) is 0 Å². The van der Waals surface area contributed by atoms with Crippen molar-refractivity contribution in [3.63, 3.8) is 0 Å².